The van der Waals surface area contributed by atoms with E-state index in [2.05, 4.69) is 26.8 Å². The summed E-state index contributed by atoms with van der Waals surface area (Å²) in [6, 6.07) is 4.09. The van der Waals surface area contributed by atoms with Gasteiger partial charge in [-0.05, 0) is 43.4 Å². The smallest absolute Gasteiger partial charge is 0.341 e. The summed E-state index contributed by atoms with van der Waals surface area (Å²) in [4.78, 5) is 12.4. The van der Waals surface area contributed by atoms with Crippen LogP contribution >= 0.6 is 0 Å². The van der Waals surface area contributed by atoms with Crippen LogP contribution in [0.4, 0.5) is 0 Å². The van der Waals surface area contributed by atoms with Crippen LogP contribution in [0.25, 0.3) is 0 Å². The fourth-order valence-electron chi connectivity index (χ4n) is 3.16. The Morgan fingerprint density at radius 3 is 2.08 bits per heavy atom. The van der Waals surface area contributed by atoms with E-state index in [1.54, 1.807) is 0 Å². The second-order valence-corrected chi connectivity index (χ2v) is 6.88. The first-order valence-electron chi connectivity index (χ1n) is 10.6. The largest absolute Gasteiger partial charge is 0.492 e. The van der Waals surface area contributed by atoms with Gasteiger partial charge >= 0.3 is 5.97 Å². The number of carbonyl (C=O) groups excluding carboxylic acids is 1. The van der Waals surface area contributed by atoms with Crippen LogP contribution in [0.1, 0.15) is 101 Å². The molecule has 0 fully saturated rings. The maximum Gasteiger partial charge on any atom is 0.341 e. The van der Waals surface area contributed by atoms with Crippen LogP contribution in [0.2, 0.25) is 0 Å². The van der Waals surface area contributed by atoms with E-state index in [1.807, 2.05) is 13.0 Å². The van der Waals surface area contributed by atoms with Gasteiger partial charge in [-0.15, -0.1) is 0 Å². The molecule has 0 bridgehead atoms. The number of unbranched alkanes of at least 4 members (excludes halogenated alkanes) is 7. The van der Waals surface area contributed by atoms with Crippen molar-refractivity contribution in [3.8, 4) is 5.75 Å². The van der Waals surface area contributed by atoms with Gasteiger partial charge in [-0.2, -0.15) is 0 Å². The summed E-state index contributed by atoms with van der Waals surface area (Å²) in [5, 5.41) is 0. The SMILES string of the molecule is CCCCCCCCCCOc1c(CC)cc(CC)cc1C(=O)OCC. The van der Waals surface area contributed by atoms with E-state index in [0.29, 0.717) is 18.8 Å². The van der Waals surface area contributed by atoms with Crippen molar-refractivity contribution in [1.29, 1.82) is 0 Å². The van der Waals surface area contributed by atoms with Crippen LogP contribution in [-0.2, 0) is 17.6 Å². The predicted molar refractivity (Wildman–Crippen MR) is 109 cm³/mol. The molecule has 1 aromatic rings. The third-order valence-corrected chi connectivity index (χ3v) is 4.75. The number of hydrogen-bond donors (Lipinski definition) is 0. The number of ether oxygens (including phenoxy) is 2. The summed E-state index contributed by atoms with van der Waals surface area (Å²) in [6.07, 6.45) is 11.9. The van der Waals surface area contributed by atoms with Gasteiger partial charge in [-0.1, -0.05) is 71.8 Å². The molecule has 3 heteroatoms. The molecule has 0 aliphatic heterocycles. The maximum atomic E-state index is 12.4. The Morgan fingerprint density at radius 2 is 1.50 bits per heavy atom. The molecule has 26 heavy (non-hydrogen) atoms. The zero-order valence-electron chi connectivity index (χ0n) is 17.4. The van der Waals surface area contributed by atoms with Crippen molar-refractivity contribution in [3.63, 3.8) is 0 Å². The molecule has 0 spiro atoms. The third-order valence-electron chi connectivity index (χ3n) is 4.75. The normalized spacial score (nSPS) is 10.8. The van der Waals surface area contributed by atoms with Gasteiger partial charge in [0.05, 0.1) is 13.2 Å². The van der Waals surface area contributed by atoms with E-state index in [-0.39, 0.29) is 5.97 Å². The summed E-state index contributed by atoms with van der Waals surface area (Å²) >= 11 is 0. The van der Waals surface area contributed by atoms with Crippen LogP contribution in [0, 0.1) is 0 Å². The highest BCUT2D eigenvalue weighted by Crippen LogP contribution is 2.28. The molecular formula is C23H38O3. The highest BCUT2D eigenvalue weighted by atomic mass is 16.5. The van der Waals surface area contributed by atoms with Crippen LogP contribution < -0.4 is 4.74 Å². The standard InChI is InChI=1S/C23H38O3/c1-5-9-10-11-12-13-14-15-16-26-22-20(7-3)17-19(6-2)18-21(22)23(24)25-8-4/h17-18H,5-16H2,1-4H3. The van der Waals surface area contributed by atoms with E-state index in [9.17, 15) is 4.79 Å². The molecule has 0 aliphatic rings. The number of hydrogen-bond acceptors (Lipinski definition) is 3. The number of aryl methyl sites for hydroxylation is 2. The minimum atomic E-state index is -0.275. The number of carbonyl (C=O) groups is 1. The van der Waals surface area contributed by atoms with Crippen LogP contribution in [0.15, 0.2) is 12.1 Å². The predicted octanol–water partition coefficient (Wildman–Crippen LogP) is 6.51. The average Bonchev–Trinajstić information content (AvgIpc) is 2.66. The van der Waals surface area contributed by atoms with Crippen molar-refractivity contribution >= 4 is 5.97 Å². The zero-order chi connectivity index (χ0) is 19.2. The Labute approximate surface area is 160 Å². The Bertz CT molecular complexity index is 522. The summed E-state index contributed by atoms with van der Waals surface area (Å²) in [6.45, 7) is 9.34. The lowest BCUT2D eigenvalue weighted by Crippen LogP contribution is -2.11. The van der Waals surface area contributed by atoms with Gasteiger partial charge in [-0.25, -0.2) is 4.79 Å². The molecule has 0 unspecified atom stereocenters. The maximum absolute atomic E-state index is 12.4. The van der Waals surface area contributed by atoms with Crippen molar-refractivity contribution in [3.05, 3.63) is 28.8 Å². The number of esters is 1. The van der Waals surface area contributed by atoms with Crippen molar-refractivity contribution in [2.45, 2.75) is 91.9 Å². The molecule has 0 saturated carbocycles. The summed E-state index contributed by atoms with van der Waals surface area (Å²) in [5.74, 6) is 0.453. The lowest BCUT2D eigenvalue weighted by molar-refractivity contribution is 0.0521. The fraction of sp³-hybridized carbons (Fsp3) is 0.696. The molecule has 0 amide bonds. The monoisotopic (exact) mass is 362 g/mol. The lowest BCUT2D eigenvalue weighted by atomic mass is 10.0. The zero-order valence-corrected chi connectivity index (χ0v) is 17.4. The van der Waals surface area contributed by atoms with Crippen molar-refractivity contribution in [2.24, 2.45) is 0 Å². The van der Waals surface area contributed by atoms with E-state index in [1.165, 1.54) is 44.9 Å². The van der Waals surface area contributed by atoms with Crippen molar-refractivity contribution in [2.75, 3.05) is 13.2 Å². The molecule has 0 heterocycles. The molecule has 0 N–H and O–H groups in total. The topological polar surface area (TPSA) is 35.5 Å². The van der Waals surface area contributed by atoms with Gasteiger partial charge in [0.25, 0.3) is 0 Å². The molecule has 148 valence electrons. The molecule has 3 nitrogen and oxygen atoms in total. The molecule has 1 aromatic carbocycles. The average molecular weight is 363 g/mol. The minimum Gasteiger partial charge on any atom is -0.492 e. The Hall–Kier alpha value is -1.51. The third kappa shape index (κ3) is 7.80. The molecule has 1 rings (SSSR count). The molecule has 0 aromatic heterocycles. The van der Waals surface area contributed by atoms with Gasteiger partial charge in [0.1, 0.15) is 11.3 Å². The summed E-state index contributed by atoms with van der Waals surface area (Å²) < 4.78 is 11.3. The molecule has 0 atom stereocenters. The fourth-order valence-corrected chi connectivity index (χ4v) is 3.16. The van der Waals surface area contributed by atoms with Crippen LogP contribution in [0.3, 0.4) is 0 Å². The highest BCUT2D eigenvalue weighted by molar-refractivity contribution is 5.93. The minimum absolute atomic E-state index is 0.275. The first-order chi connectivity index (χ1) is 12.7. The van der Waals surface area contributed by atoms with Crippen molar-refractivity contribution in [1.82, 2.24) is 0 Å². The molecule has 0 radical (unpaired) electrons. The second kappa shape index (κ2) is 13.7. The van der Waals surface area contributed by atoms with Gasteiger partial charge in [0, 0.05) is 0 Å². The van der Waals surface area contributed by atoms with Gasteiger partial charge in [0.2, 0.25) is 0 Å². The highest BCUT2D eigenvalue weighted by Gasteiger charge is 2.18. The quantitative estimate of drug-likeness (QED) is 0.279. The van der Waals surface area contributed by atoms with E-state index >= 15 is 0 Å². The first kappa shape index (κ1) is 22.5. The molecule has 0 aliphatic carbocycles. The number of rotatable bonds is 14. The second-order valence-electron chi connectivity index (χ2n) is 6.88. The van der Waals surface area contributed by atoms with Gasteiger partial charge < -0.3 is 9.47 Å². The molecule has 0 saturated heterocycles. The van der Waals surface area contributed by atoms with Crippen molar-refractivity contribution < 1.29 is 14.3 Å². The first-order valence-corrected chi connectivity index (χ1v) is 10.6. The van der Waals surface area contributed by atoms with E-state index in [0.717, 1.165) is 36.1 Å². The van der Waals surface area contributed by atoms with Crippen LogP contribution in [0.5, 0.6) is 5.75 Å². The molecular weight excluding hydrogens is 324 g/mol. The Balaban J connectivity index is 2.59. The van der Waals surface area contributed by atoms with Crippen LogP contribution in [-0.4, -0.2) is 19.2 Å². The summed E-state index contributed by atoms with van der Waals surface area (Å²) in [5.41, 5.74) is 2.85. The van der Waals surface area contributed by atoms with E-state index < -0.39 is 0 Å². The van der Waals surface area contributed by atoms with Gasteiger partial charge in [-0.3, -0.25) is 0 Å². The Kier molecular flexibility index (Phi) is 11.8. The summed E-state index contributed by atoms with van der Waals surface area (Å²) in [7, 11) is 0. The van der Waals surface area contributed by atoms with Gasteiger partial charge in [0.15, 0.2) is 0 Å². The Morgan fingerprint density at radius 1 is 0.846 bits per heavy atom. The number of benzene rings is 1. The lowest BCUT2D eigenvalue weighted by Gasteiger charge is -2.16. The van der Waals surface area contributed by atoms with E-state index in [4.69, 9.17) is 9.47 Å².